The summed E-state index contributed by atoms with van der Waals surface area (Å²) in [5, 5.41) is 17.5. The second-order valence-corrected chi connectivity index (χ2v) is 5.88. The van der Waals surface area contributed by atoms with Crippen LogP contribution >= 0.6 is 11.3 Å². The van der Waals surface area contributed by atoms with Crippen molar-refractivity contribution in [2.75, 3.05) is 0 Å². The molecule has 0 aliphatic carbocycles. The number of carboxylic acid groups (broad SMARTS) is 1. The molecular formula is C13H14N4O3S. The Kier molecular flexibility index (Phi) is 3.70. The zero-order chi connectivity index (χ0) is 14.8. The van der Waals surface area contributed by atoms with Crippen LogP contribution in [0, 0.1) is 0 Å². The first-order valence-electron chi connectivity index (χ1n) is 6.61. The zero-order valence-electron chi connectivity index (χ0n) is 11.2. The van der Waals surface area contributed by atoms with Gasteiger partial charge in [0, 0.05) is 16.8 Å². The van der Waals surface area contributed by atoms with Crippen molar-refractivity contribution in [2.24, 2.45) is 0 Å². The monoisotopic (exact) mass is 306 g/mol. The Bertz CT molecular complexity index is 679. The lowest BCUT2D eigenvalue weighted by molar-refractivity contribution is -0.121. The molecular weight excluding hydrogens is 292 g/mol. The summed E-state index contributed by atoms with van der Waals surface area (Å²) in [5.41, 5.74) is 0.222. The number of carbonyl (C=O) groups excluding carboxylic acids is 1. The van der Waals surface area contributed by atoms with Crippen LogP contribution in [-0.4, -0.2) is 31.7 Å². The summed E-state index contributed by atoms with van der Waals surface area (Å²) in [4.78, 5) is 27.8. The minimum Gasteiger partial charge on any atom is -0.478 e. The molecule has 2 aromatic heterocycles. The minimum atomic E-state index is -0.974. The molecule has 3 rings (SSSR count). The van der Waals surface area contributed by atoms with Gasteiger partial charge in [-0.05, 0) is 18.9 Å². The molecule has 8 heteroatoms. The van der Waals surface area contributed by atoms with Gasteiger partial charge in [0.25, 0.3) is 0 Å². The lowest BCUT2D eigenvalue weighted by Gasteiger charge is -2.23. The van der Waals surface area contributed by atoms with E-state index in [0.717, 1.165) is 30.1 Å². The van der Waals surface area contributed by atoms with Crippen LogP contribution in [0.5, 0.6) is 0 Å². The molecule has 2 aromatic rings. The van der Waals surface area contributed by atoms with Gasteiger partial charge in [-0.15, -0.1) is 11.3 Å². The minimum absolute atomic E-state index is 0.118. The van der Waals surface area contributed by atoms with E-state index in [1.807, 2.05) is 4.68 Å². The third-order valence-electron chi connectivity index (χ3n) is 3.39. The van der Waals surface area contributed by atoms with Crippen LogP contribution in [-0.2, 0) is 17.8 Å². The van der Waals surface area contributed by atoms with Gasteiger partial charge in [-0.2, -0.15) is 5.10 Å². The maximum absolute atomic E-state index is 12.1. The lowest BCUT2D eigenvalue weighted by Crippen LogP contribution is -2.34. The second-order valence-electron chi connectivity index (χ2n) is 4.89. The molecule has 0 saturated carbocycles. The van der Waals surface area contributed by atoms with Crippen molar-refractivity contribution in [1.82, 2.24) is 20.1 Å². The molecule has 1 aliphatic rings. The molecule has 0 spiro atoms. The van der Waals surface area contributed by atoms with Gasteiger partial charge in [0.05, 0.1) is 18.0 Å². The molecule has 110 valence electrons. The number of aromatic carboxylic acids is 1. The van der Waals surface area contributed by atoms with E-state index < -0.39 is 5.97 Å². The number of carboxylic acids is 1. The van der Waals surface area contributed by atoms with Gasteiger partial charge >= 0.3 is 5.97 Å². The Morgan fingerprint density at radius 2 is 2.38 bits per heavy atom. The third kappa shape index (κ3) is 2.94. The molecule has 1 aliphatic heterocycles. The molecule has 21 heavy (non-hydrogen) atoms. The summed E-state index contributed by atoms with van der Waals surface area (Å²) in [6, 6.07) is 1.42. The van der Waals surface area contributed by atoms with Crippen LogP contribution < -0.4 is 5.32 Å². The van der Waals surface area contributed by atoms with Crippen LogP contribution in [0.3, 0.4) is 0 Å². The maximum Gasteiger partial charge on any atom is 0.336 e. The number of hydrogen-bond donors (Lipinski definition) is 2. The van der Waals surface area contributed by atoms with Crippen molar-refractivity contribution in [2.45, 2.75) is 31.8 Å². The van der Waals surface area contributed by atoms with Gasteiger partial charge in [0.2, 0.25) is 5.91 Å². The van der Waals surface area contributed by atoms with Crippen LogP contribution in [0.4, 0.5) is 0 Å². The first kappa shape index (κ1) is 13.7. The van der Waals surface area contributed by atoms with Gasteiger partial charge in [0.15, 0.2) is 0 Å². The molecule has 0 fully saturated rings. The number of rotatable bonds is 4. The van der Waals surface area contributed by atoms with E-state index in [9.17, 15) is 9.59 Å². The van der Waals surface area contributed by atoms with Gasteiger partial charge in [-0.3, -0.25) is 4.79 Å². The summed E-state index contributed by atoms with van der Waals surface area (Å²) >= 11 is 1.28. The van der Waals surface area contributed by atoms with Crippen molar-refractivity contribution in [3.05, 3.63) is 34.0 Å². The number of aromatic nitrogens is 3. The van der Waals surface area contributed by atoms with E-state index in [-0.39, 0.29) is 23.9 Å². The van der Waals surface area contributed by atoms with E-state index in [4.69, 9.17) is 5.11 Å². The van der Waals surface area contributed by atoms with Crippen LogP contribution in [0.15, 0.2) is 17.8 Å². The summed E-state index contributed by atoms with van der Waals surface area (Å²) in [6.45, 7) is 0.828. The highest BCUT2D eigenvalue weighted by Crippen LogP contribution is 2.22. The fourth-order valence-corrected chi connectivity index (χ4v) is 3.27. The average molecular weight is 306 g/mol. The first-order valence-corrected chi connectivity index (χ1v) is 7.49. The Labute approximate surface area is 124 Å². The highest BCUT2D eigenvalue weighted by Gasteiger charge is 2.24. The highest BCUT2D eigenvalue weighted by molar-refractivity contribution is 7.10. The summed E-state index contributed by atoms with van der Waals surface area (Å²) < 4.78 is 1.81. The number of carbonyl (C=O) groups is 2. The maximum atomic E-state index is 12.1. The van der Waals surface area contributed by atoms with Crippen molar-refractivity contribution in [1.29, 1.82) is 0 Å². The van der Waals surface area contributed by atoms with Gasteiger partial charge in [-0.1, -0.05) is 0 Å². The zero-order valence-corrected chi connectivity index (χ0v) is 12.0. The van der Waals surface area contributed by atoms with E-state index in [1.165, 1.54) is 23.7 Å². The fraction of sp³-hybridized carbons (Fsp3) is 0.385. The van der Waals surface area contributed by atoms with Crippen LogP contribution in [0.2, 0.25) is 0 Å². The molecule has 1 amide bonds. The Hall–Kier alpha value is -2.22. The molecule has 0 bridgehead atoms. The van der Waals surface area contributed by atoms with E-state index in [0.29, 0.717) is 0 Å². The quantitative estimate of drug-likeness (QED) is 0.885. The molecule has 0 radical (unpaired) electrons. The Morgan fingerprint density at radius 3 is 3.14 bits per heavy atom. The molecule has 1 atom stereocenters. The van der Waals surface area contributed by atoms with E-state index in [1.54, 1.807) is 5.38 Å². The van der Waals surface area contributed by atoms with Crippen molar-refractivity contribution in [3.8, 4) is 0 Å². The predicted octanol–water partition coefficient (Wildman–Crippen LogP) is 1.23. The number of thiophene rings is 1. The van der Waals surface area contributed by atoms with Crippen LogP contribution in [0.1, 0.15) is 39.9 Å². The SMILES string of the molecule is O=C(Cc1cc(C(=O)O)cs1)NC1CCCn2ncnc21. The van der Waals surface area contributed by atoms with E-state index in [2.05, 4.69) is 15.4 Å². The normalized spacial score (nSPS) is 17.2. The third-order valence-corrected chi connectivity index (χ3v) is 4.33. The Morgan fingerprint density at radius 1 is 1.52 bits per heavy atom. The number of amides is 1. The second kappa shape index (κ2) is 5.65. The van der Waals surface area contributed by atoms with Gasteiger partial charge in [0.1, 0.15) is 12.2 Å². The standard InChI is InChI=1S/C13H14N4O3S/c18-11(5-9-4-8(6-21-9)13(19)20)16-10-2-1-3-17-12(10)14-7-15-17/h4,6-7,10H,1-3,5H2,(H,16,18)(H,19,20). The summed E-state index contributed by atoms with van der Waals surface area (Å²) in [6.07, 6.45) is 3.47. The molecule has 7 nitrogen and oxygen atoms in total. The fourth-order valence-electron chi connectivity index (χ4n) is 2.42. The average Bonchev–Trinajstić information content (AvgIpc) is 3.07. The lowest BCUT2D eigenvalue weighted by atomic mass is 10.1. The van der Waals surface area contributed by atoms with E-state index >= 15 is 0 Å². The molecule has 2 N–H and O–H groups in total. The van der Waals surface area contributed by atoms with Crippen molar-refractivity contribution < 1.29 is 14.7 Å². The number of aryl methyl sites for hydroxylation is 1. The summed E-state index contributed by atoms with van der Waals surface area (Å²) in [7, 11) is 0. The first-order chi connectivity index (χ1) is 10.1. The molecule has 1 unspecified atom stereocenters. The highest BCUT2D eigenvalue weighted by atomic mass is 32.1. The van der Waals surface area contributed by atoms with Crippen molar-refractivity contribution >= 4 is 23.2 Å². The van der Waals surface area contributed by atoms with Gasteiger partial charge in [-0.25, -0.2) is 14.5 Å². The largest absolute Gasteiger partial charge is 0.478 e. The number of hydrogen-bond acceptors (Lipinski definition) is 5. The van der Waals surface area contributed by atoms with Gasteiger partial charge < -0.3 is 10.4 Å². The predicted molar refractivity (Wildman–Crippen MR) is 75.1 cm³/mol. The molecule has 0 saturated heterocycles. The molecule has 0 aromatic carbocycles. The molecule has 3 heterocycles. The van der Waals surface area contributed by atoms with Crippen molar-refractivity contribution in [3.63, 3.8) is 0 Å². The Balaban J connectivity index is 1.63. The topological polar surface area (TPSA) is 97.1 Å². The summed E-state index contributed by atoms with van der Waals surface area (Å²) in [5.74, 6) is -0.319. The number of nitrogens with one attached hydrogen (secondary N) is 1. The smallest absolute Gasteiger partial charge is 0.336 e. The number of nitrogens with zero attached hydrogens (tertiary/aromatic N) is 3. The number of fused-ring (bicyclic) bond motifs is 1. The van der Waals surface area contributed by atoms with Crippen LogP contribution in [0.25, 0.3) is 0 Å².